The van der Waals surface area contributed by atoms with Crippen molar-refractivity contribution >= 4 is 11.6 Å². The molecular formula is C21H34N2O4. The van der Waals surface area contributed by atoms with E-state index in [1.165, 1.54) is 0 Å². The summed E-state index contributed by atoms with van der Waals surface area (Å²) in [6.45, 7) is 11.8. The van der Waals surface area contributed by atoms with Crippen molar-refractivity contribution in [3.63, 3.8) is 0 Å². The summed E-state index contributed by atoms with van der Waals surface area (Å²) >= 11 is 0. The van der Waals surface area contributed by atoms with Gasteiger partial charge in [-0.05, 0) is 50.5 Å². The number of carbonyl (C=O) groups excluding carboxylic acids is 1. The predicted octanol–water partition coefficient (Wildman–Crippen LogP) is 3.32. The third kappa shape index (κ3) is 7.13. The first-order chi connectivity index (χ1) is 13.1. The SMILES string of the molecule is CCCO[C@](C)(CC)C(=O)Nc1ccc(OCCCN2CCOCC2)cc1. The lowest BCUT2D eigenvalue weighted by Crippen LogP contribution is -2.42. The van der Waals surface area contributed by atoms with Crippen molar-refractivity contribution in [3.05, 3.63) is 24.3 Å². The molecule has 1 aromatic carbocycles. The molecule has 1 heterocycles. The molecule has 6 nitrogen and oxygen atoms in total. The standard InChI is InChI=1S/C21H34N2O4/c1-4-14-27-21(3,5-2)20(24)22-18-7-9-19(10-8-18)26-15-6-11-23-12-16-25-17-13-23/h7-10H,4-6,11-17H2,1-3H3,(H,22,24)/t21-/m1/s1. The lowest BCUT2D eigenvalue weighted by molar-refractivity contribution is -0.139. The Balaban J connectivity index is 1.74. The summed E-state index contributed by atoms with van der Waals surface area (Å²) in [6.07, 6.45) is 2.51. The number of amides is 1. The molecule has 6 heteroatoms. The smallest absolute Gasteiger partial charge is 0.256 e. The van der Waals surface area contributed by atoms with Crippen LogP contribution in [0.4, 0.5) is 5.69 Å². The highest BCUT2D eigenvalue weighted by molar-refractivity contribution is 5.97. The van der Waals surface area contributed by atoms with E-state index < -0.39 is 5.60 Å². The number of ether oxygens (including phenoxy) is 3. The van der Waals surface area contributed by atoms with Crippen LogP contribution in [0.3, 0.4) is 0 Å². The van der Waals surface area contributed by atoms with Gasteiger partial charge in [-0.1, -0.05) is 13.8 Å². The van der Waals surface area contributed by atoms with Crippen LogP contribution in [-0.2, 0) is 14.3 Å². The number of hydrogen-bond donors (Lipinski definition) is 1. The number of nitrogens with one attached hydrogen (secondary N) is 1. The monoisotopic (exact) mass is 378 g/mol. The van der Waals surface area contributed by atoms with Crippen LogP contribution in [0.1, 0.15) is 40.0 Å². The molecule has 1 aromatic rings. The van der Waals surface area contributed by atoms with Crippen LogP contribution in [0, 0.1) is 0 Å². The molecule has 1 N–H and O–H groups in total. The highest BCUT2D eigenvalue weighted by atomic mass is 16.5. The Labute approximate surface area is 163 Å². The van der Waals surface area contributed by atoms with Crippen LogP contribution in [0.25, 0.3) is 0 Å². The molecule has 1 saturated heterocycles. The topological polar surface area (TPSA) is 60.0 Å². The predicted molar refractivity (Wildman–Crippen MR) is 107 cm³/mol. The van der Waals surface area contributed by atoms with E-state index in [2.05, 4.69) is 10.2 Å². The maximum Gasteiger partial charge on any atom is 0.256 e. The molecule has 0 spiro atoms. The van der Waals surface area contributed by atoms with Crippen molar-refractivity contribution < 1.29 is 19.0 Å². The molecule has 2 rings (SSSR count). The van der Waals surface area contributed by atoms with Crippen molar-refractivity contribution in [2.24, 2.45) is 0 Å². The van der Waals surface area contributed by atoms with Crippen molar-refractivity contribution in [3.8, 4) is 5.75 Å². The van der Waals surface area contributed by atoms with E-state index in [-0.39, 0.29) is 5.91 Å². The first-order valence-corrected chi connectivity index (χ1v) is 10.1. The number of hydrogen-bond acceptors (Lipinski definition) is 5. The molecule has 0 aliphatic carbocycles. The van der Waals surface area contributed by atoms with Gasteiger partial charge in [-0.25, -0.2) is 0 Å². The van der Waals surface area contributed by atoms with E-state index in [9.17, 15) is 4.79 Å². The highest BCUT2D eigenvalue weighted by Gasteiger charge is 2.32. The van der Waals surface area contributed by atoms with Gasteiger partial charge in [-0.15, -0.1) is 0 Å². The minimum Gasteiger partial charge on any atom is -0.494 e. The second kappa shape index (κ2) is 11.3. The van der Waals surface area contributed by atoms with E-state index in [0.717, 1.165) is 57.1 Å². The zero-order valence-electron chi connectivity index (χ0n) is 17.0. The molecule has 0 aromatic heterocycles. The van der Waals surface area contributed by atoms with Crippen molar-refractivity contribution in [1.82, 2.24) is 4.90 Å². The Morgan fingerprint density at radius 3 is 2.52 bits per heavy atom. The van der Waals surface area contributed by atoms with Crippen LogP contribution in [0.5, 0.6) is 5.75 Å². The van der Waals surface area contributed by atoms with E-state index in [1.807, 2.05) is 45.0 Å². The Kier molecular flexibility index (Phi) is 9.04. The number of benzene rings is 1. The van der Waals surface area contributed by atoms with Gasteiger partial charge in [0, 0.05) is 31.9 Å². The summed E-state index contributed by atoms with van der Waals surface area (Å²) in [5, 5.41) is 2.94. The quantitative estimate of drug-likeness (QED) is 0.599. The fourth-order valence-corrected chi connectivity index (χ4v) is 2.86. The van der Waals surface area contributed by atoms with Gasteiger partial charge >= 0.3 is 0 Å². The lowest BCUT2D eigenvalue weighted by Gasteiger charge is -2.27. The van der Waals surface area contributed by atoms with Gasteiger partial charge in [-0.2, -0.15) is 0 Å². The minimum atomic E-state index is -0.801. The summed E-state index contributed by atoms with van der Waals surface area (Å²) in [5.74, 6) is 0.702. The summed E-state index contributed by atoms with van der Waals surface area (Å²) < 4.78 is 16.9. The summed E-state index contributed by atoms with van der Waals surface area (Å²) in [5.41, 5.74) is -0.0505. The van der Waals surface area contributed by atoms with E-state index in [4.69, 9.17) is 14.2 Å². The van der Waals surface area contributed by atoms with E-state index >= 15 is 0 Å². The van der Waals surface area contributed by atoms with E-state index in [1.54, 1.807) is 0 Å². The molecular weight excluding hydrogens is 344 g/mol. The molecule has 1 aliphatic heterocycles. The lowest BCUT2D eigenvalue weighted by atomic mass is 10.0. The van der Waals surface area contributed by atoms with Crippen molar-refractivity contribution in [2.45, 2.75) is 45.6 Å². The molecule has 27 heavy (non-hydrogen) atoms. The van der Waals surface area contributed by atoms with Crippen molar-refractivity contribution in [2.75, 3.05) is 51.4 Å². The molecule has 0 saturated carbocycles. The first kappa shape index (κ1) is 21.7. The van der Waals surface area contributed by atoms with E-state index in [0.29, 0.717) is 19.6 Å². The third-order valence-electron chi connectivity index (χ3n) is 4.88. The van der Waals surface area contributed by atoms with Gasteiger partial charge in [-0.3, -0.25) is 9.69 Å². The normalized spacial score (nSPS) is 17.3. The second-order valence-electron chi connectivity index (χ2n) is 7.07. The van der Waals surface area contributed by atoms with Crippen molar-refractivity contribution in [1.29, 1.82) is 0 Å². The highest BCUT2D eigenvalue weighted by Crippen LogP contribution is 2.21. The van der Waals surface area contributed by atoms with Gasteiger partial charge < -0.3 is 19.5 Å². The van der Waals surface area contributed by atoms with Crippen LogP contribution in [-0.4, -0.2) is 62.5 Å². The summed E-state index contributed by atoms with van der Waals surface area (Å²) in [6, 6.07) is 7.51. The second-order valence-corrected chi connectivity index (χ2v) is 7.07. The first-order valence-electron chi connectivity index (χ1n) is 10.1. The largest absolute Gasteiger partial charge is 0.494 e. The van der Waals surface area contributed by atoms with Gasteiger partial charge in [0.25, 0.3) is 5.91 Å². The maximum atomic E-state index is 12.5. The van der Waals surface area contributed by atoms with Crippen LogP contribution in [0.15, 0.2) is 24.3 Å². The Hall–Kier alpha value is -1.63. The summed E-state index contributed by atoms with van der Waals surface area (Å²) in [7, 11) is 0. The van der Waals surface area contributed by atoms with Gasteiger partial charge in [0.2, 0.25) is 0 Å². The molecule has 0 bridgehead atoms. The van der Waals surface area contributed by atoms with Crippen LogP contribution < -0.4 is 10.1 Å². The Morgan fingerprint density at radius 1 is 1.19 bits per heavy atom. The fourth-order valence-electron chi connectivity index (χ4n) is 2.86. The van der Waals surface area contributed by atoms with Gasteiger partial charge in [0.05, 0.1) is 19.8 Å². The van der Waals surface area contributed by atoms with Gasteiger partial charge in [0.1, 0.15) is 11.4 Å². The zero-order chi connectivity index (χ0) is 19.5. The fraction of sp³-hybridized carbons (Fsp3) is 0.667. The average molecular weight is 379 g/mol. The minimum absolute atomic E-state index is 0.113. The molecule has 0 radical (unpaired) electrons. The number of rotatable bonds is 11. The number of morpholine rings is 1. The molecule has 152 valence electrons. The number of anilines is 1. The van der Waals surface area contributed by atoms with Crippen LogP contribution >= 0.6 is 0 Å². The molecule has 1 aliphatic rings. The molecule has 1 atom stereocenters. The average Bonchev–Trinajstić information content (AvgIpc) is 2.71. The summed E-state index contributed by atoms with van der Waals surface area (Å²) in [4.78, 5) is 14.9. The Bertz CT molecular complexity index is 558. The molecule has 0 unspecified atom stereocenters. The number of nitrogens with zero attached hydrogens (tertiary/aromatic N) is 1. The maximum absolute atomic E-state index is 12.5. The zero-order valence-corrected chi connectivity index (χ0v) is 17.0. The van der Waals surface area contributed by atoms with Crippen LogP contribution in [0.2, 0.25) is 0 Å². The molecule has 1 fully saturated rings. The Morgan fingerprint density at radius 2 is 1.89 bits per heavy atom. The third-order valence-corrected chi connectivity index (χ3v) is 4.88. The number of carbonyl (C=O) groups is 1. The molecule has 1 amide bonds. The van der Waals surface area contributed by atoms with Gasteiger partial charge in [0.15, 0.2) is 0 Å².